The number of likely N-dealkylation sites (N-methyl/N-ethyl adjacent to an activating group) is 1. The predicted octanol–water partition coefficient (Wildman–Crippen LogP) is 1.90. The number of aryl methyl sites for hydroxylation is 1. The summed E-state index contributed by atoms with van der Waals surface area (Å²) >= 11 is 6.20. The molecule has 11 nitrogen and oxygen atoms in total. The number of nitrogens with zero attached hydrogens (tertiary/aromatic N) is 8. The van der Waals surface area contributed by atoms with Crippen LogP contribution in [-0.2, 0) is 17.4 Å². The van der Waals surface area contributed by atoms with Gasteiger partial charge in [-0.1, -0.05) is 17.7 Å². The van der Waals surface area contributed by atoms with Crippen LogP contribution in [0, 0.1) is 0 Å². The third kappa shape index (κ3) is 3.70. The van der Waals surface area contributed by atoms with Crippen LogP contribution in [0.5, 0.6) is 0 Å². The van der Waals surface area contributed by atoms with Crippen molar-refractivity contribution < 1.29 is 9.90 Å². The van der Waals surface area contributed by atoms with Crippen LogP contribution in [0.1, 0.15) is 12.1 Å². The van der Waals surface area contributed by atoms with E-state index >= 15 is 0 Å². The first-order valence-electron chi connectivity index (χ1n) is 10.1. The lowest BCUT2D eigenvalue weighted by Gasteiger charge is -2.17. The maximum absolute atomic E-state index is 12.4. The number of aliphatic hydroxyl groups is 1. The molecule has 5 rings (SSSR count). The van der Waals surface area contributed by atoms with E-state index in [1.54, 1.807) is 49.4 Å². The van der Waals surface area contributed by atoms with Crippen molar-refractivity contribution in [1.82, 2.24) is 39.2 Å². The quantitative estimate of drug-likeness (QED) is 0.457. The molecular formula is C21H20ClN9O2. The molecule has 0 aliphatic carbocycles. The van der Waals surface area contributed by atoms with E-state index in [1.165, 1.54) is 15.9 Å². The number of carbonyl (C=O) groups is 1. The second-order valence-electron chi connectivity index (χ2n) is 7.75. The average molecular weight is 466 g/mol. The monoisotopic (exact) mass is 465 g/mol. The summed E-state index contributed by atoms with van der Waals surface area (Å²) in [4.78, 5) is 31.6. The van der Waals surface area contributed by atoms with Gasteiger partial charge in [-0.05, 0) is 18.2 Å². The molecule has 0 bridgehead atoms. The van der Waals surface area contributed by atoms with Gasteiger partial charge < -0.3 is 15.3 Å². The van der Waals surface area contributed by atoms with Crippen molar-refractivity contribution in [1.29, 1.82) is 0 Å². The molecular weight excluding hydrogens is 446 g/mol. The molecule has 4 aromatic heterocycles. The highest BCUT2D eigenvalue weighted by atomic mass is 35.5. The summed E-state index contributed by atoms with van der Waals surface area (Å²) in [6, 6.07) is 7.22. The van der Waals surface area contributed by atoms with Crippen LogP contribution in [0.2, 0.25) is 5.15 Å². The van der Waals surface area contributed by atoms with E-state index < -0.39 is 5.60 Å². The van der Waals surface area contributed by atoms with E-state index in [0.717, 1.165) is 0 Å². The van der Waals surface area contributed by atoms with Gasteiger partial charge >= 0.3 is 0 Å². The Morgan fingerprint density at radius 1 is 1.15 bits per heavy atom. The van der Waals surface area contributed by atoms with E-state index in [-0.39, 0.29) is 5.91 Å². The van der Waals surface area contributed by atoms with Gasteiger partial charge in [-0.25, -0.2) is 19.9 Å². The molecule has 1 fully saturated rings. The lowest BCUT2D eigenvalue weighted by atomic mass is 9.99. The summed E-state index contributed by atoms with van der Waals surface area (Å²) < 4.78 is 3.20. The van der Waals surface area contributed by atoms with Crippen molar-refractivity contribution in [2.24, 2.45) is 7.05 Å². The fourth-order valence-electron chi connectivity index (χ4n) is 3.65. The summed E-state index contributed by atoms with van der Waals surface area (Å²) in [5.74, 6) is 0.562. The molecule has 1 atom stereocenters. The molecule has 0 radical (unpaired) electrons. The Bertz CT molecular complexity index is 1350. The molecule has 1 amide bonds. The van der Waals surface area contributed by atoms with Gasteiger partial charge in [0.25, 0.3) is 5.91 Å². The standard InChI is InChI=1S/C21H20ClN9O2/c1-29-9-7-21(33,19(29)32)16-11-31(12-24-16)17-5-3-4-13(26-17)14-6-8-23-20(27-14)28-15-10-25-30(2)18(15)22/h3-6,8,10-12,33H,7,9H2,1-2H3,(H,23,27,28)/t21-/m0/s1. The molecule has 0 saturated carbocycles. The Balaban J connectivity index is 1.42. The molecule has 1 aliphatic rings. The molecule has 5 heterocycles. The van der Waals surface area contributed by atoms with Gasteiger partial charge in [0, 0.05) is 39.5 Å². The highest BCUT2D eigenvalue weighted by Gasteiger charge is 2.46. The van der Waals surface area contributed by atoms with E-state index in [9.17, 15) is 9.90 Å². The van der Waals surface area contributed by atoms with Gasteiger partial charge in [0.1, 0.15) is 23.0 Å². The molecule has 12 heteroatoms. The number of pyridine rings is 1. The SMILES string of the molecule is CN1CC[C@](O)(c2cn(-c3cccc(-c4ccnc(Nc5cnn(C)c5Cl)n4)n3)cn2)C1=O. The Labute approximate surface area is 193 Å². The Kier molecular flexibility index (Phi) is 5.06. The van der Waals surface area contributed by atoms with Crippen LogP contribution < -0.4 is 5.32 Å². The highest BCUT2D eigenvalue weighted by Crippen LogP contribution is 2.32. The normalized spacial score (nSPS) is 18.2. The Morgan fingerprint density at radius 2 is 1.97 bits per heavy atom. The fraction of sp³-hybridized carbons (Fsp3) is 0.238. The third-order valence-electron chi connectivity index (χ3n) is 5.55. The summed E-state index contributed by atoms with van der Waals surface area (Å²) in [7, 11) is 3.40. The number of nitrogens with one attached hydrogen (secondary N) is 1. The first kappa shape index (κ1) is 21.0. The van der Waals surface area contributed by atoms with Crippen molar-refractivity contribution in [3.63, 3.8) is 0 Å². The van der Waals surface area contributed by atoms with Crippen molar-refractivity contribution in [2.45, 2.75) is 12.0 Å². The zero-order valence-electron chi connectivity index (χ0n) is 17.8. The van der Waals surface area contributed by atoms with Gasteiger partial charge in [-0.15, -0.1) is 0 Å². The van der Waals surface area contributed by atoms with Gasteiger partial charge in [0.2, 0.25) is 5.95 Å². The van der Waals surface area contributed by atoms with Crippen LogP contribution in [-0.4, -0.2) is 63.8 Å². The molecule has 1 saturated heterocycles. The smallest absolute Gasteiger partial charge is 0.260 e. The topological polar surface area (TPSA) is 127 Å². The van der Waals surface area contributed by atoms with Gasteiger partial charge in [0.05, 0.1) is 23.3 Å². The fourth-order valence-corrected chi connectivity index (χ4v) is 3.79. The van der Waals surface area contributed by atoms with Crippen LogP contribution in [0.15, 0.2) is 49.2 Å². The van der Waals surface area contributed by atoms with Crippen molar-refractivity contribution in [3.05, 3.63) is 60.0 Å². The number of anilines is 2. The van der Waals surface area contributed by atoms with E-state index in [0.29, 0.717) is 52.7 Å². The molecule has 0 unspecified atom stereocenters. The second-order valence-corrected chi connectivity index (χ2v) is 8.11. The predicted molar refractivity (Wildman–Crippen MR) is 120 cm³/mol. The number of likely N-dealkylation sites (tertiary alicyclic amines) is 1. The summed E-state index contributed by atoms with van der Waals surface area (Å²) in [5, 5.41) is 18.4. The minimum Gasteiger partial charge on any atom is -0.374 e. The highest BCUT2D eigenvalue weighted by molar-refractivity contribution is 6.32. The molecule has 168 valence electrons. The molecule has 0 spiro atoms. The number of halogens is 1. The van der Waals surface area contributed by atoms with Gasteiger partial charge in [-0.2, -0.15) is 5.10 Å². The van der Waals surface area contributed by atoms with E-state index in [4.69, 9.17) is 11.6 Å². The van der Waals surface area contributed by atoms with Crippen LogP contribution in [0.25, 0.3) is 17.2 Å². The number of aromatic nitrogens is 7. The molecule has 4 aromatic rings. The summed E-state index contributed by atoms with van der Waals surface area (Å²) in [5.41, 5.74) is 0.486. The maximum atomic E-state index is 12.4. The zero-order chi connectivity index (χ0) is 23.2. The number of hydrogen-bond acceptors (Lipinski definition) is 8. The number of hydrogen-bond donors (Lipinski definition) is 2. The third-order valence-corrected chi connectivity index (χ3v) is 5.99. The Morgan fingerprint density at radius 3 is 2.70 bits per heavy atom. The minimum atomic E-state index is -1.61. The van der Waals surface area contributed by atoms with Crippen molar-refractivity contribution in [3.8, 4) is 17.2 Å². The van der Waals surface area contributed by atoms with Crippen LogP contribution in [0.3, 0.4) is 0 Å². The Hall–Kier alpha value is -3.83. The molecule has 33 heavy (non-hydrogen) atoms. The molecule has 0 aromatic carbocycles. The summed E-state index contributed by atoms with van der Waals surface area (Å²) in [6.07, 6.45) is 6.67. The van der Waals surface area contributed by atoms with Crippen LogP contribution in [0.4, 0.5) is 11.6 Å². The van der Waals surface area contributed by atoms with Crippen LogP contribution >= 0.6 is 11.6 Å². The van der Waals surface area contributed by atoms with Crippen molar-refractivity contribution >= 4 is 29.1 Å². The largest absolute Gasteiger partial charge is 0.374 e. The zero-order valence-corrected chi connectivity index (χ0v) is 18.6. The first-order chi connectivity index (χ1) is 15.8. The van der Waals surface area contributed by atoms with E-state index in [2.05, 4.69) is 30.4 Å². The maximum Gasteiger partial charge on any atom is 0.260 e. The number of imidazole rings is 1. The molecule has 2 N–H and O–H groups in total. The van der Waals surface area contributed by atoms with E-state index in [1.807, 2.05) is 12.1 Å². The first-order valence-corrected chi connectivity index (χ1v) is 10.5. The lowest BCUT2D eigenvalue weighted by Crippen LogP contribution is -2.36. The lowest BCUT2D eigenvalue weighted by molar-refractivity contribution is -0.143. The number of rotatable bonds is 5. The second kappa shape index (κ2) is 7.94. The number of amides is 1. The molecule has 1 aliphatic heterocycles. The average Bonchev–Trinajstić information content (AvgIpc) is 3.52. The minimum absolute atomic E-state index is 0.296. The van der Waals surface area contributed by atoms with Gasteiger partial charge in [0.15, 0.2) is 5.60 Å². The summed E-state index contributed by atoms with van der Waals surface area (Å²) in [6.45, 7) is 0.476. The van der Waals surface area contributed by atoms with Gasteiger partial charge in [-0.3, -0.25) is 14.0 Å². The number of carbonyl (C=O) groups excluding carboxylic acids is 1. The van der Waals surface area contributed by atoms with Crippen molar-refractivity contribution in [2.75, 3.05) is 18.9 Å².